The van der Waals surface area contributed by atoms with Crippen molar-refractivity contribution in [3.05, 3.63) is 24.3 Å². The fraction of sp³-hybridized carbons (Fsp3) is 0.571. The fourth-order valence-corrected chi connectivity index (χ4v) is 1.64. The van der Waals surface area contributed by atoms with Crippen LogP contribution in [0.25, 0.3) is 0 Å². The predicted molar refractivity (Wildman–Crippen MR) is 85.3 cm³/mol. The third-order valence-corrected chi connectivity index (χ3v) is 3.09. The molecule has 0 aromatic carbocycles. The van der Waals surface area contributed by atoms with Crippen molar-refractivity contribution in [2.24, 2.45) is 23.3 Å². The molecule has 2 amide bonds. The van der Waals surface area contributed by atoms with E-state index < -0.39 is 5.91 Å². The molecule has 5 nitrogen and oxygen atoms in total. The first-order chi connectivity index (χ1) is 9.38. The number of thiol groups is 1. The first-order valence-electron chi connectivity index (χ1n) is 6.64. The Kier molecular flexibility index (Phi) is 9.84. The lowest BCUT2D eigenvalue weighted by molar-refractivity contribution is -0.127. The minimum absolute atomic E-state index is 0.0495. The summed E-state index contributed by atoms with van der Waals surface area (Å²) < 4.78 is 0. The number of nitrogens with one attached hydrogen (secondary N) is 1. The second-order valence-electron chi connectivity index (χ2n) is 4.89. The molecule has 5 N–H and O–H groups in total. The Hall–Kier alpha value is -1.27. The molecule has 20 heavy (non-hydrogen) atoms. The molecule has 0 bridgehead atoms. The molecular formula is C14H25N3O2S. The van der Waals surface area contributed by atoms with Gasteiger partial charge >= 0.3 is 0 Å². The second-order valence-corrected chi connectivity index (χ2v) is 5.26. The lowest BCUT2D eigenvalue weighted by Gasteiger charge is -2.16. The van der Waals surface area contributed by atoms with E-state index in [1.54, 1.807) is 0 Å². The summed E-state index contributed by atoms with van der Waals surface area (Å²) in [6.45, 7) is 3.77. The van der Waals surface area contributed by atoms with Crippen molar-refractivity contribution in [1.82, 2.24) is 5.32 Å². The molecule has 0 radical (unpaired) electrons. The zero-order valence-corrected chi connectivity index (χ0v) is 13.0. The molecule has 2 atom stereocenters. The van der Waals surface area contributed by atoms with Crippen LogP contribution in [-0.2, 0) is 9.59 Å². The van der Waals surface area contributed by atoms with Crippen molar-refractivity contribution < 1.29 is 9.59 Å². The molecule has 0 aromatic rings. The van der Waals surface area contributed by atoms with Crippen LogP contribution in [0.2, 0.25) is 0 Å². The Morgan fingerprint density at radius 2 is 1.85 bits per heavy atom. The quantitative estimate of drug-likeness (QED) is 0.371. The van der Waals surface area contributed by atoms with Crippen molar-refractivity contribution in [1.29, 1.82) is 0 Å². The third kappa shape index (κ3) is 8.77. The van der Waals surface area contributed by atoms with Gasteiger partial charge in [0.1, 0.15) is 0 Å². The molecule has 0 rings (SSSR count). The molecule has 0 aliphatic rings. The predicted octanol–water partition coefficient (Wildman–Crippen LogP) is 0.620. The zero-order chi connectivity index (χ0) is 15.5. The molecule has 2 unspecified atom stereocenters. The summed E-state index contributed by atoms with van der Waals surface area (Å²) in [4.78, 5) is 22.5. The smallest absolute Gasteiger partial charge is 0.236 e. The number of carbonyl (C=O) groups excluding carboxylic acids is 2. The van der Waals surface area contributed by atoms with E-state index in [1.807, 2.05) is 38.2 Å². The number of allylic oxidation sites excluding steroid dienone is 2. The average molecular weight is 299 g/mol. The van der Waals surface area contributed by atoms with Crippen LogP contribution in [0.15, 0.2) is 24.3 Å². The maximum atomic E-state index is 11.9. The van der Waals surface area contributed by atoms with E-state index in [0.29, 0.717) is 12.2 Å². The molecule has 0 fully saturated rings. The maximum Gasteiger partial charge on any atom is 0.236 e. The van der Waals surface area contributed by atoms with Gasteiger partial charge in [-0.25, -0.2) is 0 Å². The van der Waals surface area contributed by atoms with Gasteiger partial charge in [0.2, 0.25) is 11.8 Å². The van der Waals surface area contributed by atoms with Gasteiger partial charge in [-0.1, -0.05) is 38.2 Å². The van der Waals surface area contributed by atoms with E-state index in [-0.39, 0.29) is 30.3 Å². The first-order valence-corrected chi connectivity index (χ1v) is 7.27. The Morgan fingerprint density at radius 1 is 1.25 bits per heavy atom. The maximum absolute atomic E-state index is 11.9. The Labute approximate surface area is 126 Å². The summed E-state index contributed by atoms with van der Waals surface area (Å²) in [6.07, 6.45) is 8.28. The molecule has 0 aliphatic heterocycles. The number of nitrogens with two attached hydrogens (primary N) is 2. The number of hydrogen-bond acceptors (Lipinski definition) is 4. The zero-order valence-electron chi connectivity index (χ0n) is 12.1. The molecule has 0 saturated heterocycles. The monoisotopic (exact) mass is 299 g/mol. The van der Waals surface area contributed by atoms with Crippen molar-refractivity contribution in [3.63, 3.8) is 0 Å². The van der Waals surface area contributed by atoms with Crippen LogP contribution in [0.5, 0.6) is 0 Å². The molecule has 6 heteroatoms. The van der Waals surface area contributed by atoms with Gasteiger partial charge in [0.15, 0.2) is 0 Å². The van der Waals surface area contributed by atoms with Crippen LogP contribution in [-0.4, -0.2) is 30.2 Å². The Morgan fingerprint density at radius 3 is 2.35 bits per heavy atom. The minimum atomic E-state index is -0.548. The van der Waals surface area contributed by atoms with E-state index in [9.17, 15) is 9.59 Å². The third-order valence-electron chi connectivity index (χ3n) is 2.67. The second kappa shape index (κ2) is 10.5. The van der Waals surface area contributed by atoms with E-state index in [4.69, 9.17) is 11.5 Å². The number of carbonyl (C=O) groups is 2. The molecular weight excluding hydrogens is 274 g/mol. The number of primary amides is 1. The van der Waals surface area contributed by atoms with Crippen LogP contribution in [0, 0.1) is 11.8 Å². The van der Waals surface area contributed by atoms with Crippen molar-refractivity contribution in [3.8, 4) is 0 Å². The highest BCUT2D eigenvalue weighted by molar-refractivity contribution is 7.80. The van der Waals surface area contributed by atoms with Gasteiger partial charge in [-0.3, -0.25) is 9.59 Å². The lowest BCUT2D eigenvalue weighted by Crippen LogP contribution is -2.38. The summed E-state index contributed by atoms with van der Waals surface area (Å²) in [5.41, 5.74) is 10.7. The Bertz CT molecular complexity index is 367. The summed E-state index contributed by atoms with van der Waals surface area (Å²) in [5.74, 6) is -0.270. The van der Waals surface area contributed by atoms with Gasteiger partial charge in [0, 0.05) is 11.8 Å². The summed E-state index contributed by atoms with van der Waals surface area (Å²) in [5, 5.41) is 2.52. The topological polar surface area (TPSA) is 98.2 Å². The van der Waals surface area contributed by atoms with Crippen LogP contribution in [0.3, 0.4) is 0 Å². The minimum Gasteiger partial charge on any atom is -0.368 e. The van der Waals surface area contributed by atoms with Gasteiger partial charge < -0.3 is 16.8 Å². The lowest BCUT2D eigenvalue weighted by atomic mass is 9.94. The standard InChI is InChI=1S/C14H25N3O2S/c1-10(2)12(14(19)17-8-13(16)18)7-5-3-4-6-11(15)9-20/h4-7,10-12,20H,3,8-9,15H2,1-2H3,(H2,16,18)(H,17,19)/b6-4+,7-5+. The first kappa shape index (κ1) is 18.7. The highest BCUT2D eigenvalue weighted by Gasteiger charge is 2.18. The molecule has 0 spiro atoms. The normalized spacial score (nSPS) is 14.8. The van der Waals surface area contributed by atoms with Crippen molar-refractivity contribution in [2.45, 2.75) is 26.3 Å². The SMILES string of the molecule is CC(C)C(/C=C/C/C=C/C(N)CS)C(=O)NCC(N)=O. The van der Waals surface area contributed by atoms with Gasteiger partial charge in [0.25, 0.3) is 0 Å². The van der Waals surface area contributed by atoms with Gasteiger partial charge in [0.05, 0.1) is 12.5 Å². The van der Waals surface area contributed by atoms with Crippen LogP contribution >= 0.6 is 12.6 Å². The molecule has 114 valence electrons. The number of hydrogen-bond donors (Lipinski definition) is 4. The van der Waals surface area contributed by atoms with Gasteiger partial charge in [-0.2, -0.15) is 12.6 Å². The largest absolute Gasteiger partial charge is 0.368 e. The Balaban J connectivity index is 4.36. The highest BCUT2D eigenvalue weighted by atomic mass is 32.1. The molecule has 0 aliphatic carbocycles. The number of rotatable bonds is 9. The summed E-state index contributed by atoms with van der Waals surface area (Å²) >= 11 is 4.08. The average Bonchev–Trinajstić information content (AvgIpc) is 2.39. The summed E-state index contributed by atoms with van der Waals surface area (Å²) in [6, 6.07) is -0.0495. The van der Waals surface area contributed by atoms with Gasteiger partial charge in [-0.05, 0) is 12.3 Å². The van der Waals surface area contributed by atoms with Crippen molar-refractivity contribution >= 4 is 24.4 Å². The molecule has 0 saturated carbocycles. The van der Waals surface area contributed by atoms with E-state index >= 15 is 0 Å². The van der Waals surface area contributed by atoms with E-state index in [0.717, 1.165) is 0 Å². The highest BCUT2D eigenvalue weighted by Crippen LogP contribution is 2.13. The van der Waals surface area contributed by atoms with E-state index in [1.165, 1.54) is 0 Å². The van der Waals surface area contributed by atoms with Crippen LogP contribution in [0.4, 0.5) is 0 Å². The molecule has 0 aromatic heterocycles. The van der Waals surface area contributed by atoms with E-state index in [2.05, 4.69) is 17.9 Å². The summed E-state index contributed by atoms with van der Waals surface area (Å²) in [7, 11) is 0. The van der Waals surface area contributed by atoms with Crippen LogP contribution in [0.1, 0.15) is 20.3 Å². The van der Waals surface area contributed by atoms with Crippen LogP contribution < -0.4 is 16.8 Å². The molecule has 0 heterocycles. The fourth-order valence-electron chi connectivity index (χ4n) is 1.52. The number of amides is 2. The van der Waals surface area contributed by atoms with Crippen molar-refractivity contribution in [2.75, 3.05) is 12.3 Å². The van der Waals surface area contributed by atoms with Gasteiger partial charge in [-0.15, -0.1) is 0 Å².